The minimum Gasteiger partial charge on any atom is -0.484 e. The Kier molecular flexibility index (Phi) is 4.37. The fourth-order valence-electron chi connectivity index (χ4n) is 2.54. The number of likely N-dealkylation sites (N-methyl/N-ethyl adjacent to an activating group) is 1. The molecule has 0 aromatic heterocycles. The molecular weight excluding hydrogens is 294 g/mol. The number of anilines is 1. The number of hydrogen-bond donors (Lipinski definition) is 0. The van der Waals surface area contributed by atoms with Crippen LogP contribution in [0.2, 0.25) is 0 Å². The molecule has 2 aromatic rings. The highest BCUT2D eigenvalue weighted by atomic mass is 16.7. The summed E-state index contributed by atoms with van der Waals surface area (Å²) < 4.78 is 16.2. The van der Waals surface area contributed by atoms with Crippen LogP contribution >= 0.6 is 0 Å². The maximum Gasteiger partial charge on any atom is 0.264 e. The van der Waals surface area contributed by atoms with Gasteiger partial charge in [-0.3, -0.25) is 4.79 Å². The van der Waals surface area contributed by atoms with Crippen molar-refractivity contribution in [2.24, 2.45) is 0 Å². The van der Waals surface area contributed by atoms with E-state index in [4.69, 9.17) is 14.2 Å². The van der Waals surface area contributed by atoms with E-state index < -0.39 is 0 Å². The Morgan fingerprint density at radius 1 is 1.17 bits per heavy atom. The first-order chi connectivity index (χ1) is 11.2. The molecule has 3 rings (SSSR count). The number of para-hydroxylation sites is 1. The minimum atomic E-state index is -0.0838. The molecular formula is C18H19NO4. The van der Waals surface area contributed by atoms with Crippen LogP contribution in [0.4, 0.5) is 5.69 Å². The van der Waals surface area contributed by atoms with E-state index in [0.29, 0.717) is 23.8 Å². The van der Waals surface area contributed by atoms with Crippen molar-refractivity contribution >= 4 is 11.6 Å². The minimum absolute atomic E-state index is 0.0260. The number of fused-ring (bicyclic) bond motifs is 1. The molecule has 1 aliphatic rings. The van der Waals surface area contributed by atoms with Crippen LogP contribution in [0.5, 0.6) is 17.2 Å². The van der Waals surface area contributed by atoms with Crippen molar-refractivity contribution in [1.29, 1.82) is 0 Å². The molecule has 0 radical (unpaired) electrons. The summed E-state index contributed by atoms with van der Waals surface area (Å²) in [7, 11) is 0. The van der Waals surface area contributed by atoms with Gasteiger partial charge >= 0.3 is 0 Å². The van der Waals surface area contributed by atoms with Crippen LogP contribution in [0, 0.1) is 6.92 Å². The van der Waals surface area contributed by atoms with Gasteiger partial charge in [0.2, 0.25) is 6.79 Å². The van der Waals surface area contributed by atoms with E-state index in [0.717, 1.165) is 11.3 Å². The zero-order valence-corrected chi connectivity index (χ0v) is 13.2. The number of amides is 1. The quantitative estimate of drug-likeness (QED) is 0.851. The predicted molar refractivity (Wildman–Crippen MR) is 87.3 cm³/mol. The topological polar surface area (TPSA) is 48.0 Å². The number of benzene rings is 2. The lowest BCUT2D eigenvalue weighted by Crippen LogP contribution is -2.35. The van der Waals surface area contributed by atoms with Gasteiger partial charge in [0.1, 0.15) is 5.75 Å². The Morgan fingerprint density at radius 3 is 2.74 bits per heavy atom. The van der Waals surface area contributed by atoms with Crippen molar-refractivity contribution in [2.45, 2.75) is 13.8 Å². The number of nitrogens with zero attached hydrogens (tertiary/aromatic N) is 1. The highest BCUT2D eigenvalue weighted by Crippen LogP contribution is 2.35. The fraction of sp³-hybridized carbons (Fsp3) is 0.278. The molecule has 0 spiro atoms. The number of rotatable bonds is 5. The number of aryl methyl sites for hydroxylation is 1. The average Bonchev–Trinajstić information content (AvgIpc) is 3.03. The monoisotopic (exact) mass is 313 g/mol. The average molecular weight is 313 g/mol. The molecule has 2 aromatic carbocycles. The normalized spacial score (nSPS) is 12.1. The third-order valence-electron chi connectivity index (χ3n) is 3.73. The Labute approximate surface area is 135 Å². The van der Waals surface area contributed by atoms with E-state index in [-0.39, 0.29) is 19.3 Å². The van der Waals surface area contributed by atoms with E-state index in [1.54, 1.807) is 23.1 Å². The summed E-state index contributed by atoms with van der Waals surface area (Å²) in [5.74, 6) is 1.84. The van der Waals surface area contributed by atoms with Gasteiger partial charge in [0.15, 0.2) is 18.1 Å². The molecule has 0 aliphatic carbocycles. The second kappa shape index (κ2) is 6.60. The molecule has 0 N–H and O–H groups in total. The molecule has 23 heavy (non-hydrogen) atoms. The van der Waals surface area contributed by atoms with E-state index in [1.165, 1.54) is 0 Å². The number of carbonyl (C=O) groups excluding carboxylic acids is 1. The molecule has 0 saturated carbocycles. The summed E-state index contributed by atoms with van der Waals surface area (Å²) in [6.07, 6.45) is 0. The van der Waals surface area contributed by atoms with Gasteiger partial charge in [0, 0.05) is 18.3 Å². The lowest BCUT2D eigenvalue weighted by Gasteiger charge is -2.23. The highest BCUT2D eigenvalue weighted by Gasteiger charge is 2.18. The van der Waals surface area contributed by atoms with Crippen LogP contribution in [0.3, 0.4) is 0 Å². The van der Waals surface area contributed by atoms with Crippen LogP contribution in [0.25, 0.3) is 0 Å². The van der Waals surface area contributed by atoms with E-state index in [1.807, 2.05) is 38.1 Å². The lowest BCUT2D eigenvalue weighted by atomic mass is 10.2. The molecule has 1 amide bonds. The smallest absolute Gasteiger partial charge is 0.264 e. The standard InChI is InChI=1S/C18H19NO4/c1-3-19(15-7-5-4-6-13(15)2)18(20)11-21-14-8-9-16-17(10-14)23-12-22-16/h4-10H,3,11-12H2,1-2H3. The van der Waals surface area contributed by atoms with Crippen molar-refractivity contribution < 1.29 is 19.0 Å². The number of hydrogen-bond acceptors (Lipinski definition) is 4. The SMILES string of the molecule is CCN(C(=O)COc1ccc2c(c1)OCO2)c1ccccc1C. The fourth-order valence-corrected chi connectivity index (χ4v) is 2.54. The van der Waals surface area contributed by atoms with E-state index >= 15 is 0 Å². The van der Waals surface area contributed by atoms with E-state index in [9.17, 15) is 4.79 Å². The van der Waals surface area contributed by atoms with Crippen molar-refractivity contribution in [1.82, 2.24) is 0 Å². The summed E-state index contributed by atoms with van der Waals surface area (Å²) in [5.41, 5.74) is 1.97. The van der Waals surface area contributed by atoms with Crippen LogP contribution in [-0.4, -0.2) is 25.9 Å². The third-order valence-corrected chi connectivity index (χ3v) is 3.73. The Bertz CT molecular complexity index is 714. The molecule has 0 fully saturated rings. The first kappa shape index (κ1) is 15.2. The van der Waals surface area contributed by atoms with Crippen LogP contribution < -0.4 is 19.1 Å². The molecule has 0 bridgehead atoms. The number of carbonyl (C=O) groups is 1. The highest BCUT2D eigenvalue weighted by molar-refractivity contribution is 5.95. The molecule has 0 unspecified atom stereocenters. The summed E-state index contributed by atoms with van der Waals surface area (Å²) in [6.45, 7) is 4.72. The van der Waals surface area contributed by atoms with Crippen molar-refractivity contribution in [2.75, 3.05) is 24.8 Å². The van der Waals surface area contributed by atoms with Crippen LogP contribution in [0.1, 0.15) is 12.5 Å². The predicted octanol–water partition coefficient (Wildman–Crippen LogP) is 3.16. The molecule has 5 heteroatoms. The van der Waals surface area contributed by atoms with Gasteiger partial charge < -0.3 is 19.1 Å². The van der Waals surface area contributed by atoms with Gasteiger partial charge in [-0.1, -0.05) is 18.2 Å². The first-order valence-electron chi connectivity index (χ1n) is 7.57. The van der Waals surface area contributed by atoms with E-state index in [2.05, 4.69) is 0 Å². The van der Waals surface area contributed by atoms with Gasteiger partial charge in [0.05, 0.1) is 0 Å². The molecule has 1 heterocycles. The molecule has 0 saturated heterocycles. The van der Waals surface area contributed by atoms with Crippen LogP contribution in [-0.2, 0) is 4.79 Å². The second-order valence-corrected chi connectivity index (χ2v) is 5.23. The molecule has 1 aliphatic heterocycles. The van der Waals surface area contributed by atoms with Gasteiger partial charge in [-0.2, -0.15) is 0 Å². The van der Waals surface area contributed by atoms with Crippen molar-refractivity contribution in [3.8, 4) is 17.2 Å². The van der Waals surface area contributed by atoms with Gasteiger partial charge in [0.25, 0.3) is 5.91 Å². The summed E-state index contributed by atoms with van der Waals surface area (Å²) in [6, 6.07) is 13.1. The van der Waals surface area contributed by atoms with Gasteiger partial charge in [-0.15, -0.1) is 0 Å². The zero-order chi connectivity index (χ0) is 16.2. The first-order valence-corrected chi connectivity index (χ1v) is 7.57. The van der Waals surface area contributed by atoms with Gasteiger partial charge in [-0.05, 0) is 37.6 Å². The zero-order valence-electron chi connectivity index (χ0n) is 13.2. The second-order valence-electron chi connectivity index (χ2n) is 5.23. The van der Waals surface area contributed by atoms with Gasteiger partial charge in [-0.25, -0.2) is 0 Å². The Balaban J connectivity index is 1.67. The molecule has 5 nitrogen and oxygen atoms in total. The van der Waals surface area contributed by atoms with Crippen molar-refractivity contribution in [3.05, 3.63) is 48.0 Å². The summed E-state index contributed by atoms with van der Waals surface area (Å²) in [5, 5.41) is 0. The summed E-state index contributed by atoms with van der Waals surface area (Å²) in [4.78, 5) is 14.2. The van der Waals surface area contributed by atoms with Crippen LogP contribution in [0.15, 0.2) is 42.5 Å². The molecule has 120 valence electrons. The maximum absolute atomic E-state index is 12.5. The molecule has 0 atom stereocenters. The Morgan fingerprint density at radius 2 is 1.96 bits per heavy atom. The summed E-state index contributed by atoms with van der Waals surface area (Å²) >= 11 is 0. The number of ether oxygens (including phenoxy) is 3. The third kappa shape index (κ3) is 3.23. The van der Waals surface area contributed by atoms with Crippen molar-refractivity contribution in [3.63, 3.8) is 0 Å². The maximum atomic E-state index is 12.5. The lowest BCUT2D eigenvalue weighted by molar-refractivity contribution is -0.120. The Hall–Kier alpha value is -2.69. The largest absolute Gasteiger partial charge is 0.484 e.